The highest BCUT2D eigenvalue weighted by Crippen LogP contribution is 2.31. The van der Waals surface area contributed by atoms with E-state index in [4.69, 9.17) is 4.74 Å². The number of amides is 2. The second kappa shape index (κ2) is 6.56. The standard InChI is InChI=1S/C20H17FN4O3/c1-11-22-12(2)25(23-11)16-8-9-17(28-3)18(21)15(16)10-24-19(26)13-6-4-5-7-14(13)20(24)27/h4-9H,10H2,1-3H3. The van der Waals surface area contributed by atoms with E-state index in [9.17, 15) is 9.59 Å². The number of hydrogen-bond acceptors (Lipinski definition) is 5. The van der Waals surface area contributed by atoms with E-state index in [2.05, 4.69) is 10.1 Å². The average molecular weight is 380 g/mol. The summed E-state index contributed by atoms with van der Waals surface area (Å²) >= 11 is 0. The van der Waals surface area contributed by atoms with Gasteiger partial charge < -0.3 is 4.74 Å². The van der Waals surface area contributed by atoms with Gasteiger partial charge in [0.15, 0.2) is 11.6 Å². The average Bonchev–Trinajstić information content (AvgIpc) is 3.14. The zero-order valence-corrected chi connectivity index (χ0v) is 15.6. The van der Waals surface area contributed by atoms with E-state index < -0.39 is 17.6 Å². The third-order valence-electron chi connectivity index (χ3n) is 4.70. The van der Waals surface area contributed by atoms with E-state index in [0.717, 1.165) is 4.90 Å². The van der Waals surface area contributed by atoms with Crippen LogP contribution < -0.4 is 4.74 Å². The van der Waals surface area contributed by atoms with Crippen LogP contribution in [0.5, 0.6) is 5.75 Å². The number of aromatic nitrogens is 3. The van der Waals surface area contributed by atoms with E-state index in [-0.39, 0.29) is 17.9 Å². The van der Waals surface area contributed by atoms with Gasteiger partial charge in [0.1, 0.15) is 11.6 Å². The molecule has 3 aromatic rings. The molecule has 28 heavy (non-hydrogen) atoms. The minimum Gasteiger partial charge on any atom is -0.494 e. The maximum absolute atomic E-state index is 15.2. The molecule has 8 heteroatoms. The molecule has 0 atom stereocenters. The van der Waals surface area contributed by atoms with Gasteiger partial charge in [0, 0.05) is 5.56 Å². The van der Waals surface area contributed by atoms with Crippen LogP contribution in [0, 0.1) is 19.7 Å². The Balaban J connectivity index is 1.83. The molecule has 2 amide bonds. The summed E-state index contributed by atoms with van der Waals surface area (Å²) in [5.74, 6) is -0.458. The van der Waals surface area contributed by atoms with Crippen molar-refractivity contribution in [1.82, 2.24) is 19.7 Å². The normalized spacial score (nSPS) is 13.2. The van der Waals surface area contributed by atoms with Gasteiger partial charge in [0.05, 0.1) is 30.5 Å². The molecule has 0 spiro atoms. The number of ether oxygens (including phenoxy) is 1. The van der Waals surface area contributed by atoms with E-state index in [0.29, 0.717) is 28.5 Å². The Labute approximate surface area is 160 Å². The van der Waals surface area contributed by atoms with Crippen molar-refractivity contribution in [1.29, 1.82) is 0 Å². The zero-order valence-electron chi connectivity index (χ0n) is 15.6. The Hall–Kier alpha value is -3.55. The molecule has 1 aliphatic rings. The molecule has 2 heterocycles. The first-order valence-electron chi connectivity index (χ1n) is 8.63. The van der Waals surface area contributed by atoms with Gasteiger partial charge >= 0.3 is 0 Å². The molecule has 0 aliphatic carbocycles. The number of rotatable bonds is 4. The van der Waals surface area contributed by atoms with Gasteiger partial charge in [0.25, 0.3) is 11.8 Å². The van der Waals surface area contributed by atoms with Crippen LogP contribution in [0.2, 0.25) is 0 Å². The molecule has 142 valence electrons. The molecule has 0 fully saturated rings. The van der Waals surface area contributed by atoms with E-state index in [1.165, 1.54) is 17.9 Å². The number of halogens is 1. The zero-order chi connectivity index (χ0) is 20.0. The van der Waals surface area contributed by atoms with Crippen LogP contribution in [0.15, 0.2) is 36.4 Å². The maximum atomic E-state index is 15.2. The monoisotopic (exact) mass is 380 g/mol. The molecular formula is C20H17FN4O3. The molecule has 0 N–H and O–H groups in total. The molecule has 4 rings (SSSR count). The Bertz CT molecular complexity index is 1090. The molecule has 2 aromatic carbocycles. The van der Waals surface area contributed by atoms with E-state index in [1.807, 2.05) is 0 Å². The fourth-order valence-corrected chi connectivity index (χ4v) is 3.39. The molecule has 0 radical (unpaired) electrons. The summed E-state index contributed by atoms with van der Waals surface area (Å²) in [6.45, 7) is 3.23. The van der Waals surface area contributed by atoms with Gasteiger partial charge in [-0.15, -0.1) is 0 Å². The summed E-state index contributed by atoms with van der Waals surface area (Å²) in [6, 6.07) is 9.66. The molecule has 1 aromatic heterocycles. The number of imide groups is 1. The molecule has 0 saturated carbocycles. The Morgan fingerprint density at radius 1 is 1.04 bits per heavy atom. The predicted octanol–water partition coefficient (Wildman–Crippen LogP) is 2.83. The van der Waals surface area contributed by atoms with Crippen LogP contribution in [-0.2, 0) is 6.54 Å². The molecule has 7 nitrogen and oxygen atoms in total. The lowest BCUT2D eigenvalue weighted by Crippen LogP contribution is -2.30. The number of nitrogens with zero attached hydrogens (tertiary/aromatic N) is 4. The van der Waals surface area contributed by atoms with Gasteiger partial charge in [-0.05, 0) is 38.1 Å². The Kier molecular flexibility index (Phi) is 4.18. The third kappa shape index (κ3) is 2.65. The minimum atomic E-state index is -0.649. The number of carbonyl (C=O) groups excluding carboxylic acids is 2. The fourth-order valence-electron chi connectivity index (χ4n) is 3.39. The molecule has 1 aliphatic heterocycles. The maximum Gasteiger partial charge on any atom is 0.261 e. The summed E-state index contributed by atoms with van der Waals surface area (Å²) in [6.07, 6.45) is 0. The highest BCUT2D eigenvalue weighted by Gasteiger charge is 2.36. The number of hydrogen-bond donors (Lipinski definition) is 0. The van der Waals surface area contributed by atoms with E-state index >= 15 is 4.39 Å². The number of fused-ring (bicyclic) bond motifs is 1. The topological polar surface area (TPSA) is 77.3 Å². The van der Waals surface area contributed by atoms with Crippen LogP contribution in [0.4, 0.5) is 4.39 Å². The van der Waals surface area contributed by atoms with E-state index in [1.54, 1.807) is 44.2 Å². The van der Waals surface area contributed by atoms with Crippen molar-refractivity contribution in [2.24, 2.45) is 0 Å². The molecule has 0 bridgehead atoms. The van der Waals surface area contributed by atoms with Crippen molar-refractivity contribution >= 4 is 11.8 Å². The van der Waals surface area contributed by atoms with Gasteiger partial charge in [0.2, 0.25) is 0 Å². The summed E-state index contributed by atoms with van der Waals surface area (Å²) in [4.78, 5) is 30.7. The lowest BCUT2D eigenvalue weighted by atomic mass is 10.1. The van der Waals surface area contributed by atoms with Crippen molar-refractivity contribution < 1.29 is 18.7 Å². The van der Waals surface area contributed by atoms with Crippen LogP contribution in [-0.4, -0.2) is 38.6 Å². The second-order valence-electron chi connectivity index (χ2n) is 6.44. The first-order chi connectivity index (χ1) is 13.4. The van der Waals surface area contributed by atoms with Crippen molar-refractivity contribution in [3.63, 3.8) is 0 Å². The van der Waals surface area contributed by atoms with Crippen LogP contribution in [0.3, 0.4) is 0 Å². The lowest BCUT2D eigenvalue weighted by molar-refractivity contribution is 0.0640. The largest absolute Gasteiger partial charge is 0.494 e. The van der Waals surface area contributed by atoms with Crippen molar-refractivity contribution in [2.75, 3.05) is 7.11 Å². The first-order valence-corrected chi connectivity index (χ1v) is 8.63. The van der Waals surface area contributed by atoms with Gasteiger partial charge in [-0.25, -0.2) is 14.1 Å². The minimum absolute atomic E-state index is 0.0184. The molecule has 0 saturated heterocycles. The Morgan fingerprint density at radius 3 is 2.21 bits per heavy atom. The summed E-state index contributed by atoms with van der Waals surface area (Å²) in [5, 5.41) is 4.30. The number of methoxy groups -OCH3 is 1. The SMILES string of the molecule is COc1ccc(-n2nc(C)nc2C)c(CN2C(=O)c3ccccc3C2=O)c1F. The van der Waals surface area contributed by atoms with Crippen molar-refractivity contribution in [3.05, 3.63) is 70.6 Å². The highest BCUT2D eigenvalue weighted by molar-refractivity contribution is 6.21. The third-order valence-corrected chi connectivity index (χ3v) is 4.70. The molecular weight excluding hydrogens is 363 g/mol. The van der Waals surface area contributed by atoms with Crippen molar-refractivity contribution in [2.45, 2.75) is 20.4 Å². The smallest absolute Gasteiger partial charge is 0.261 e. The van der Waals surface area contributed by atoms with Gasteiger partial charge in [-0.1, -0.05) is 12.1 Å². The first kappa shape index (κ1) is 17.8. The fraction of sp³-hybridized carbons (Fsp3) is 0.200. The molecule has 0 unspecified atom stereocenters. The second-order valence-corrected chi connectivity index (χ2v) is 6.44. The summed E-state index contributed by atoms with van der Waals surface area (Å²) in [7, 11) is 1.36. The number of aryl methyl sites for hydroxylation is 2. The summed E-state index contributed by atoms with van der Waals surface area (Å²) < 4.78 is 21.7. The van der Waals surface area contributed by atoms with Crippen LogP contribution in [0.1, 0.15) is 37.9 Å². The highest BCUT2D eigenvalue weighted by atomic mass is 19.1. The number of benzene rings is 2. The van der Waals surface area contributed by atoms with Gasteiger partial charge in [-0.2, -0.15) is 5.10 Å². The van der Waals surface area contributed by atoms with Crippen LogP contribution >= 0.6 is 0 Å². The van der Waals surface area contributed by atoms with Gasteiger partial charge in [-0.3, -0.25) is 14.5 Å². The quantitative estimate of drug-likeness (QED) is 0.651. The Morgan fingerprint density at radius 2 is 1.68 bits per heavy atom. The summed E-state index contributed by atoms with van der Waals surface area (Å²) in [5.41, 5.74) is 1.14. The van der Waals surface area contributed by atoms with Crippen LogP contribution in [0.25, 0.3) is 5.69 Å². The lowest BCUT2D eigenvalue weighted by Gasteiger charge is -2.19. The van der Waals surface area contributed by atoms with Crippen molar-refractivity contribution in [3.8, 4) is 11.4 Å². The number of carbonyl (C=O) groups is 2. The predicted molar refractivity (Wildman–Crippen MR) is 98.0 cm³/mol.